The van der Waals surface area contributed by atoms with Crippen molar-refractivity contribution in [1.29, 1.82) is 0 Å². The number of nitrogens with zero attached hydrogens (tertiary/aromatic N) is 3. The van der Waals surface area contributed by atoms with Gasteiger partial charge in [-0.25, -0.2) is 4.98 Å². The summed E-state index contributed by atoms with van der Waals surface area (Å²) in [5.41, 5.74) is 3.06. The second kappa shape index (κ2) is 11.1. The van der Waals surface area contributed by atoms with Gasteiger partial charge < -0.3 is 10.0 Å². The average molecular weight is 446 g/mol. The molecule has 160 valence electrons. The Hall–Kier alpha value is -1.72. The number of hydrogen-bond acceptors (Lipinski definition) is 4. The van der Waals surface area contributed by atoms with Crippen LogP contribution < -0.4 is 0 Å². The maximum atomic E-state index is 11.3. The molecule has 0 radical (unpaired) electrons. The van der Waals surface area contributed by atoms with Gasteiger partial charge in [0.05, 0.1) is 22.3 Å². The number of aliphatic hydroxyl groups is 1. The van der Waals surface area contributed by atoms with Gasteiger partial charge in [0.2, 0.25) is 0 Å². The van der Waals surface area contributed by atoms with Gasteiger partial charge in [0.1, 0.15) is 0 Å². The second-order valence-electron chi connectivity index (χ2n) is 7.65. The largest absolute Gasteiger partial charge is 0.387 e. The van der Waals surface area contributed by atoms with E-state index in [1.165, 1.54) is 0 Å². The quantitative estimate of drug-likeness (QED) is 0.384. The van der Waals surface area contributed by atoms with Crippen molar-refractivity contribution in [3.63, 3.8) is 0 Å². The van der Waals surface area contributed by atoms with Crippen LogP contribution in [0.4, 0.5) is 0 Å². The lowest BCUT2D eigenvalue weighted by atomic mass is 10.00. The molecular weight excluding hydrogens is 417 g/mol. The second-order valence-corrected chi connectivity index (χ2v) is 8.49. The highest BCUT2D eigenvalue weighted by molar-refractivity contribution is 6.38. The van der Waals surface area contributed by atoms with Crippen LogP contribution in [0.25, 0.3) is 22.2 Å². The van der Waals surface area contributed by atoms with Gasteiger partial charge in [-0.05, 0) is 61.8 Å². The molecule has 3 rings (SSSR count). The van der Waals surface area contributed by atoms with E-state index in [0.29, 0.717) is 22.1 Å². The Balaban J connectivity index is 2.03. The van der Waals surface area contributed by atoms with E-state index in [0.717, 1.165) is 61.0 Å². The zero-order valence-electron chi connectivity index (χ0n) is 17.6. The van der Waals surface area contributed by atoms with E-state index < -0.39 is 6.10 Å². The number of halogens is 2. The summed E-state index contributed by atoms with van der Waals surface area (Å²) in [7, 11) is 0. The summed E-state index contributed by atoms with van der Waals surface area (Å²) in [6, 6.07) is 9.29. The Kier molecular flexibility index (Phi) is 8.46. The first-order valence-electron chi connectivity index (χ1n) is 10.6. The van der Waals surface area contributed by atoms with Crippen LogP contribution in [0, 0.1) is 0 Å². The van der Waals surface area contributed by atoms with Gasteiger partial charge in [-0.2, -0.15) is 0 Å². The molecule has 0 saturated carbocycles. The van der Waals surface area contributed by atoms with Gasteiger partial charge in [0.15, 0.2) is 0 Å². The van der Waals surface area contributed by atoms with Crippen molar-refractivity contribution >= 4 is 34.1 Å². The average Bonchev–Trinajstić information content (AvgIpc) is 2.75. The molecule has 0 spiro atoms. The highest BCUT2D eigenvalue weighted by atomic mass is 35.5. The van der Waals surface area contributed by atoms with E-state index in [-0.39, 0.29) is 0 Å². The van der Waals surface area contributed by atoms with Gasteiger partial charge >= 0.3 is 0 Å². The molecule has 30 heavy (non-hydrogen) atoms. The van der Waals surface area contributed by atoms with E-state index >= 15 is 0 Å². The molecule has 0 bridgehead atoms. The minimum absolute atomic E-state index is 0.477. The maximum Gasteiger partial charge on any atom is 0.0924 e. The predicted molar refractivity (Wildman–Crippen MR) is 126 cm³/mol. The van der Waals surface area contributed by atoms with Crippen LogP contribution in [-0.4, -0.2) is 39.6 Å². The smallest absolute Gasteiger partial charge is 0.0924 e. The number of fused-ring (bicyclic) bond motifs is 1. The first kappa shape index (κ1) is 23.0. The third kappa shape index (κ3) is 5.70. The highest BCUT2D eigenvalue weighted by Crippen LogP contribution is 2.34. The fourth-order valence-electron chi connectivity index (χ4n) is 3.62. The summed E-state index contributed by atoms with van der Waals surface area (Å²) in [6.45, 7) is 6.90. The molecule has 0 saturated heterocycles. The number of hydrogen-bond donors (Lipinski definition) is 1. The lowest BCUT2D eigenvalue weighted by molar-refractivity contribution is 0.112. The minimum atomic E-state index is -0.672. The molecule has 6 heteroatoms. The van der Waals surface area contributed by atoms with Gasteiger partial charge in [-0.15, -0.1) is 0 Å². The molecule has 0 fully saturated rings. The summed E-state index contributed by atoms with van der Waals surface area (Å²) in [5, 5.41) is 13.1. The standard InChI is InChI=1S/C24H29Cl2N3O/c1-3-5-10-29(11-6-4-2)16-23(30)19-14-22(17-8-7-9-27-15-17)28-24-20(19)12-18(25)13-21(24)26/h7-9,12-15,23,30H,3-6,10-11,16H2,1-2H3. The molecular formula is C24H29Cl2N3O. The van der Waals surface area contributed by atoms with Crippen molar-refractivity contribution in [3.05, 3.63) is 58.3 Å². The van der Waals surface area contributed by atoms with Gasteiger partial charge in [-0.1, -0.05) is 49.9 Å². The Morgan fingerprint density at radius 3 is 2.43 bits per heavy atom. The summed E-state index contributed by atoms with van der Waals surface area (Å²) < 4.78 is 0. The van der Waals surface area contributed by atoms with E-state index in [1.807, 2.05) is 24.3 Å². The summed E-state index contributed by atoms with van der Waals surface area (Å²) in [4.78, 5) is 11.3. The van der Waals surface area contributed by atoms with Gasteiger partial charge in [0.25, 0.3) is 0 Å². The molecule has 0 aliphatic heterocycles. The molecule has 3 aromatic rings. The summed E-state index contributed by atoms with van der Waals surface area (Å²) >= 11 is 12.8. The summed E-state index contributed by atoms with van der Waals surface area (Å²) in [6.07, 6.45) is 7.32. The van der Waals surface area contributed by atoms with Crippen LogP contribution in [0.2, 0.25) is 10.0 Å². The predicted octanol–water partition coefficient (Wildman–Crippen LogP) is 6.54. The molecule has 1 aromatic carbocycles. The van der Waals surface area contributed by atoms with Crippen LogP contribution in [0.5, 0.6) is 0 Å². The van der Waals surface area contributed by atoms with E-state index in [2.05, 4.69) is 23.7 Å². The first-order chi connectivity index (χ1) is 14.5. The maximum absolute atomic E-state index is 11.3. The third-order valence-corrected chi connectivity index (χ3v) is 5.77. The fourth-order valence-corrected chi connectivity index (χ4v) is 4.15. The molecule has 1 N–H and O–H groups in total. The van der Waals surface area contributed by atoms with Crippen LogP contribution in [0.1, 0.15) is 51.2 Å². The lowest BCUT2D eigenvalue weighted by Crippen LogP contribution is -2.31. The Labute approximate surface area is 188 Å². The van der Waals surface area contributed by atoms with E-state index in [9.17, 15) is 5.11 Å². The number of aromatic nitrogens is 2. The molecule has 1 unspecified atom stereocenters. The van der Waals surface area contributed by atoms with Crippen molar-refractivity contribution < 1.29 is 5.11 Å². The number of pyridine rings is 2. The summed E-state index contributed by atoms with van der Waals surface area (Å²) in [5.74, 6) is 0. The number of unbranched alkanes of at least 4 members (excludes halogenated alkanes) is 2. The first-order valence-corrected chi connectivity index (χ1v) is 11.4. The fraction of sp³-hybridized carbons (Fsp3) is 0.417. The molecule has 2 heterocycles. The Morgan fingerprint density at radius 2 is 1.80 bits per heavy atom. The van der Waals surface area contributed by atoms with Crippen LogP contribution in [-0.2, 0) is 0 Å². The number of benzene rings is 1. The minimum Gasteiger partial charge on any atom is -0.387 e. The highest BCUT2D eigenvalue weighted by Gasteiger charge is 2.19. The van der Waals surface area contributed by atoms with Crippen LogP contribution >= 0.6 is 23.2 Å². The topological polar surface area (TPSA) is 49.2 Å². The van der Waals surface area contributed by atoms with Crippen molar-refractivity contribution in [2.75, 3.05) is 19.6 Å². The molecule has 0 aliphatic carbocycles. The van der Waals surface area contributed by atoms with Crippen LogP contribution in [0.15, 0.2) is 42.7 Å². The Morgan fingerprint density at radius 1 is 1.07 bits per heavy atom. The lowest BCUT2D eigenvalue weighted by Gasteiger charge is -2.26. The van der Waals surface area contributed by atoms with Gasteiger partial charge in [0, 0.05) is 34.9 Å². The van der Waals surface area contributed by atoms with E-state index in [1.54, 1.807) is 18.5 Å². The van der Waals surface area contributed by atoms with Crippen molar-refractivity contribution in [3.8, 4) is 11.3 Å². The number of aliphatic hydroxyl groups excluding tert-OH is 1. The van der Waals surface area contributed by atoms with E-state index in [4.69, 9.17) is 28.2 Å². The molecule has 0 aliphatic rings. The zero-order chi connectivity index (χ0) is 21.5. The zero-order valence-corrected chi connectivity index (χ0v) is 19.1. The molecule has 4 nitrogen and oxygen atoms in total. The monoisotopic (exact) mass is 445 g/mol. The van der Waals surface area contributed by atoms with Crippen molar-refractivity contribution in [2.45, 2.75) is 45.6 Å². The van der Waals surface area contributed by atoms with Crippen LogP contribution in [0.3, 0.4) is 0 Å². The Bertz CT molecular complexity index is 958. The van der Waals surface area contributed by atoms with Crippen molar-refractivity contribution in [1.82, 2.24) is 14.9 Å². The third-order valence-electron chi connectivity index (χ3n) is 5.27. The van der Waals surface area contributed by atoms with Crippen molar-refractivity contribution in [2.24, 2.45) is 0 Å². The number of rotatable bonds is 10. The van der Waals surface area contributed by atoms with Gasteiger partial charge in [-0.3, -0.25) is 4.98 Å². The normalized spacial score (nSPS) is 12.6. The molecule has 2 aromatic heterocycles. The molecule has 1 atom stereocenters. The SMILES string of the molecule is CCCCN(CCCC)CC(O)c1cc(-c2cccnc2)nc2c(Cl)cc(Cl)cc12. The molecule has 0 amide bonds.